The molecule has 0 atom stereocenters. The second-order valence-corrected chi connectivity index (χ2v) is 8.75. The quantitative estimate of drug-likeness (QED) is 0.535. The molecule has 3 aromatic rings. The largest absolute Gasteiger partial charge is 0.465 e. The second-order valence-electron chi connectivity index (χ2n) is 7.80. The maximum Gasteiger partial charge on any atom is 0.337 e. The molecule has 33 heavy (non-hydrogen) atoms. The lowest BCUT2D eigenvalue weighted by Crippen LogP contribution is -2.48. The van der Waals surface area contributed by atoms with E-state index in [2.05, 4.69) is 24.8 Å². The zero-order valence-corrected chi connectivity index (χ0v) is 19.1. The Kier molecular flexibility index (Phi) is 7.43. The molecule has 1 saturated heterocycles. The van der Waals surface area contributed by atoms with Crippen LogP contribution in [0.1, 0.15) is 15.4 Å². The van der Waals surface area contributed by atoms with Gasteiger partial charge in [0.1, 0.15) is 10.8 Å². The molecule has 1 fully saturated rings. The lowest BCUT2D eigenvalue weighted by atomic mass is 10.2. The van der Waals surface area contributed by atoms with Gasteiger partial charge in [-0.2, -0.15) is 0 Å². The van der Waals surface area contributed by atoms with Crippen LogP contribution in [-0.4, -0.2) is 66.5 Å². The van der Waals surface area contributed by atoms with Gasteiger partial charge in [-0.25, -0.2) is 14.2 Å². The monoisotopic (exact) mass is 468 g/mol. The Balaban J connectivity index is 1.22. The van der Waals surface area contributed by atoms with Crippen molar-refractivity contribution in [1.29, 1.82) is 0 Å². The number of carbonyl (C=O) groups is 2. The maximum atomic E-state index is 13.1. The van der Waals surface area contributed by atoms with Crippen molar-refractivity contribution in [1.82, 2.24) is 14.8 Å². The molecule has 1 N–H and O–H groups in total. The Morgan fingerprint density at radius 3 is 2.36 bits per heavy atom. The first-order valence-electron chi connectivity index (χ1n) is 10.6. The van der Waals surface area contributed by atoms with Crippen LogP contribution in [0.3, 0.4) is 0 Å². The van der Waals surface area contributed by atoms with E-state index in [4.69, 9.17) is 0 Å². The highest BCUT2D eigenvalue weighted by molar-refractivity contribution is 7.09. The number of thiazole rings is 1. The van der Waals surface area contributed by atoms with Crippen LogP contribution >= 0.6 is 11.3 Å². The molecule has 0 radical (unpaired) electrons. The smallest absolute Gasteiger partial charge is 0.337 e. The minimum atomic E-state index is -0.407. The number of hydrogen-bond acceptors (Lipinski definition) is 7. The molecule has 1 aliphatic heterocycles. The molecule has 9 heteroatoms. The van der Waals surface area contributed by atoms with E-state index in [9.17, 15) is 14.0 Å². The molecule has 0 aliphatic carbocycles. The normalized spacial score (nSPS) is 14.7. The SMILES string of the molecule is COC(=O)c1ccc(NC(=O)CN2CCN(Cc3nc(-c4ccc(F)cc4)cs3)CC2)cc1. The summed E-state index contributed by atoms with van der Waals surface area (Å²) in [6.07, 6.45) is 0. The lowest BCUT2D eigenvalue weighted by molar-refractivity contribution is -0.117. The lowest BCUT2D eigenvalue weighted by Gasteiger charge is -2.33. The Bertz CT molecular complexity index is 1090. The van der Waals surface area contributed by atoms with Gasteiger partial charge >= 0.3 is 5.97 Å². The summed E-state index contributed by atoms with van der Waals surface area (Å²) in [6.45, 7) is 4.38. The molecule has 1 aliphatic rings. The number of piperazine rings is 1. The third-order valence-corrected chi connectivity index (χ3v) is 6.31. The molecule has 0 spiro atoms. The van der Waals surface area contributed by atoms with Crippen molar-refractivity contribution in [3.05, 3.63) is 70.3 Å². The minimum Gasteiger partial charge on any atom is -0.465 e. The van der Waals surface area contributed by atoms with Gasteiger partial charge in [0.05, 0.1) is 31.5 Å². The number of aromatic nitrogens is 1. The fourth-order valence-corrected chi connectivity index (χ4v) is 4.49. The Morgan fingerprint density at radius 1 is 1.03 bits per heavy atom. The predicted molar refractivity (Wildman–Crippen MR) is 126 cm³/mol. The molecule has 0 saturated carbocycles. The molecular formula is C24H25FN4O3S. The van der Waals surface area contributed by atoms with Crippen molar-refractivity contribution >= 4 is 28.9 Å². The number of amides is 1. The number of benzene rings is 2. The van der Waals surface area contributed by atoms with Crippen molar-refractivity contribution in [2.24, 2.45) is 0 Å². The van der Waals surface area contributed by atoms with Crippen molar-refractivity contribution in [2.45, 2.75) is 6.54 Å². The number of rotatable bonds is 7. The van der Waals surface area contributed by atoms with Gasteiger partial charge in [0.2, 0.25) is 5.91 Å². The molecule has 1 amide bonds. The van der Waals surface area contributed by atoms with Gasteiger partial charge in [-0.05, 0) is 48.5 Å². The number of carbonyl (C=O) groups excluding carboxylic acids is 2. The molecule has 4 rings (SSSR count). The van der Waals surface area contributed by atoms with Crippen LogP contribution in [0.25, 0.3) is 11.3 Å². The average Bonchev–Trinajstić information content (AvgIpc) is 3.29. The predicted octanol–water partition coefficient (Wildman–Crippen LogP) is 3.49. The number of anilines is 1. The Labute approximate surface area is 195 Å². The number of nitrogens with zero attached hydrogens (tertiary/aromatic N) is 3. The van der Waals surface area contributed by atoms with Gasteiger partial charge in [-0.3, -0.25) is 14.6 Å². The Morgan fingerprint density at radius 2 is 1.70 bits per heavy atom. The second kappa shape index (κ2) is 10.7. The van der Waals surface area contributed by atoms with Gasteiger partial charge in [0, 0.05) is 42.8 Å². The molecule has 172 valence electrons. The first-order valence-corrected chi connectivity index (χ1v) is 11.5. The summed E-state index contributed by atoms with van der Waals surface area (Å²) in [5.41, 5.74) is 2.86. The van der Waals surface area contributed by atoms with Gasteiger partial charge in [0.25, 0.3) is 0 Å². The van der Waals surface area contributed by atoms with Crippen LogP contribution in [0.15, 0.2) is 53.9 Å². The summed E-state index contributed by atoms with van der Waals surface area (Å²) in [5.74, 6) is -0.745. The fraction of sp³-hybridized carbons (Fsp3) is 0.292. The first-order chi connectivity index (χ1) is 16.0. The van der Waals surface area contributed by atoms with Gasteiger partial charge < -0.3 is 10.1 Å². The van der Waals surface area contributed by atoms with Crippen molar-refractivity contribution in [3.8, 4) is 11.3 Å². The van der Waals surface area contributed by atoms with Crippen LogP contribution in [-0.2, 0) is 16.1 Å². The van der Waals surface area contributed by atoms with Gasteiger partial charge in [-0.15, -0.1) is 11.3 Å². The van der Waals surface area contributed by atoms with E-state index >= 15 is 0 Å². The zero-order chi connectivity index (χ0) is 23.2. The number of halogens is 1. The average molecular weight is 469 g/mol. The summed E-state index contributed by atoms with van der Waals surface area (Å²) in [4.78, 5) is 33.0. The fourth-order valence-electron chi connectivity index (χ4n) is 3.64. The van der Waals surface area contributed by atoms with Gasteiger partial charge in [0.15, 0.2) is 0 Å². The van der Waals surface area contributed by atoms with Crippen LogP contribution < -0.4 is 5.32 Å². The van der Waals surface area contributed by atoms with Crippen molar-refractivity contribution in [2.75, 3.05) is 45.2 Å². The van der Waals surface area contributed by atoms with Crippen LogP contribution in [0.2, 0.25) is 0 Å². The zero-order valence-electron chi connectivity index (χ0n) is 18.3. The highest BCUT2D eigenvalue weighted by atomic mass is 32.1. The molecule has 0 bridgehead atoms. The summed E-state index contributed by atoms with van der Waals surface area (Å²) < 4.78 is 17.8. The number of methoxy groups -OCH3 is 1. The van der Waals surface area contributed by atoms with Crippen LogP contribution in [0.5, 0.6) is 0 Å². The topological polar surface area (TPSA) is 74.8 Å². The maximum absolute atomic E-state index is 13.1. The Hall–Kier alpha value is -3.14. The highest BCUT2D eigenvalue weighted by Crippen LogP contribution is 2.23. The standard InChI is InChI=1S/C24H25FN4O3S/c1-32-24(31)18-4-8-20(9-5-18)26-22(30)14-28-10-12-29(13-11-28)15-23-27-21(16-33-23)17-2-6-19(25)7-3-17/h2-9,16H,10-15H2,1H3,(H,26,30). The highest BCUT2D eigenvalue weighted by Gasteiger charge is 2.20. The number of ether oxygens (including phenoxy) is 1. The summed E-state index contributed by atoms with van der Waals surface area (Å²) in [7, 11) is 1.33. The first kappa shape index (κ1) is 23.0. The van der Waals surface area contributed by atoms with E-state index in [0.29, 0.717) is 17.8 Å². The van der Waals surface area contributed by atoms with Crippen molar-refractivity contribution in [3.63, 3.8) is 0 Å². The van der Waals surface area contributed by atoms with E-state index < -0.39 is 5.97 Å². The number of nitrogens with one attached hydrogen (secondary N) is 1. The van der Waals surface area contributed by atoms with Crippen molar-refractivity contribution < 1.29 is 18.7 Å². The van der Waals surface area contributed by atoms with E-state index in [0.717, 1.165) is 49.0 Å². The molecule has 7 nitrogen and oxygen atoms in total. The third kappa shape index (κ3) is 6.22. The minimum absolute atomic E-state index is 0.0851. The van der Waals surface area contributed by atoms with E-state index in [-0.39, 0.29) is 11.7 Å². The molecule has 1 aromatic heterocycles. The number of esters is 1. The third-order valence-electron chi connectivity index (χ3n) is 5.47. The summed E-state index contributed by atoms with van der Waals surface area (Å²) in [5, 5.41) is 5.89. The van der Waals surface area contributed by atoms with Crippen LogP contribution in [0.4, 0.5) is 10.1 Å². The van der Waals surface area contributed by atoms with Gasteiger partial charge in [-0.1, -0.05) is 0 Å². The number of hydrogen-bond donors (Lipinski definition) is 1. The molecule has 2 aromatic carbocycles. The van der Waals surface area contributed by atoms with Crippen LogP contribution in [0, 0.1) is 5.82 Å². The summed E-state index contributed by atoms with van der Waals surface area (Å²) in [6, 6.07) is 13.0. The van der Waals surface area contributed by atoms with E-state index in [1.807, 2.05) is 5.38 Å². The molecule has 0 unspecified atom stereocenters. The molecular weight excluding hydrogens is 443 g/mol. The molecule has 2 heterocycles. The van der Waals surface area contributed by atoms with E-state index in [1.165, 1.54) is 19.2 Å². The van der Waals surface area contributed by atoms with E-state index in [1.54, 1.807) is 47.7 Å². The summed E-state index contributed by atoms with van der Waals surface area (Å²) >= 11 is 1.61.